The lowest BCUT2D eigenvalue weighted by molar-refractivity contribution is 0.0254. The minimum absolute atomic E-state index is 0.234. The number of halogens is 1. The second-order valence-electron chi connectivity index (χ2n) is 5.26. The van der Waals surface area contributed by atoms with Gasteiger partial charge in [0.05, 0.1) is 5.56 Å². The van der Waals surface area contributed by atoms with Crippen molar-refractivity contribution in [1.29, 1.82) is 0 Å². The molecule has 2 nitrogen and oxygen atoms in total. The maximum atomic E-state index is 14.4. The maximum absolute atomic E-state index is 14.4. The number of aromatic carboxylic acids is 1. The van der Waals surface area contributed by atoms with Crippen molar-refractivity contribution in [2.45, 2.75) is 44.2 Å². The monoisotopic (exact) mass is 236 g/mol. The molecule has 1 aromatic carbocycles. The molecule has 0 heterocycles. The molecule has 92 valence electrons. The summed E-state index contributed by atoms with van der Waals surface area (Å²) < 4.78 is 14.4. The third kappa shape index (κ3) is 1.74. The summed E-state index contributed by atoms with van der Waals surface area (Å²) in [5, 5.41) is 9.19. The summed E-state index contributed by atoms with van der Waals surface area (Å²) in [6.07, 6.45) is 2.41. The van der Waals surface area contributed by atoms with Gasteiger partial charge >= 0.3 is 5.97 Å². The van der Waals surface area contributed by atoms with E-state index in [0.29, 0.717) is 5.56 Å². The van der Waals surface area contributed by atoms with E-state index in [1.807, 2.05) is 0 Å². The van der Waals surface area contributed by atoms with Gasteiger partial charge in [0.15, 0.2) is 0 Å². The Balaban J connectivity index is 2.56. The first kappa shape index (κ1) is 12.1. The van der Waals surface area contributed by atoms with Gasteiger partial charge in [0.25, 0.3) is 0 Å². The molecule has 1 N–H and O–H groups in total. The minimum atomic E-state index is -1.39. The fourth-order valence-corrected chi connectivity index (χ4v) is 2.80. The highest BCUT2D eigenvalue weighted by Gasteiger charge is 2.52. The summed E-state index contributed by atoms with van der Waals surface area (Å²) in [5.41, 5.74) is -1.14. The van der Waals surface area contributed by atoms with Crippen molar-refractivity contribution < 1.29 is 14.3 Å². The fraction of sp³-hybridized carbons (Fsp3) is 0.500. The van der Waals surface area contributed by atoms with Crippen molar-refractivity contribution in [2.75, 3.05) is 0 Å². The molecule has 1 aromatic rings. The fourth-order valence-electron chi connectivity index (χ4n) is 2.80. The number of rotatable bonds is 3. The highest BCUT2D eigenvalue weighted by atomic mass is 19.1. The van der Waals surface area contributed by atoms with Gasteiger partial charge in [-0.3, -0.25) is 0 Å². The van der Waals surface area contributed by atoms with Crippen molar-refractivity contribution in [1.82, 2.24) is 0 Å². The molecule has 0 atom stereocenters. The van der Waals surface area contributed by atoms with E-state index < -0.39 is 17.1 Å². The van der Waals surface area contributed by atoms with E-state index in [9.17, 15) is 14.3 Å². The van der Waals surface area contributed by atoms with Crippen LogP contribution in [-0.2, 0) is 5.41 Å². The average molecular weight is 236 g/mol. The van der Waals surface area contributed by atoms with Gasteiger partial charge in [-0.25, -0.2) is 9.18 Å². The number of carboxylic acids is 1. The van der Waals surface area contributed by atoms with E-state index in [0.717, 1.165) is 19.3 Å². The molecule has 0 unspecified atom stereocenters. The number of hydrogen-bond acceptors (Lipinski definition) is 1. The summed E-state index contributed by atoms with van der Waals surface area (Å²) in [5.74, 6) is -0.976. The predicted octanol–water partition coefficient (Wildman–Crippen LogP) is 3.55. The van der Waals surface area contributed by atoms with Gasteiger partial charge in [0.1, 0.15) is 5.67 Å². The molecule has 0 aromatic heterocycles. The van der Waals surface area contributed by atoms with E-state index in [1.165, 1.54) is 0 Å². The molecular weight excluding hydrogens is 219 g/mol. The van der Waals surface area contributed by atoms with E-state index >= 15 is 0 Å². The van der Waals surface area contributed by atoms with Crippen LogP contribution in [0.4, 0.5) is 4.39 Å². The molecule has 17 heavy (non-hydrogen) atoms. The molecule has 0 spiro atoms. The Labute approximate surface area is 100 Å². The summed E-state index contributed by atoms with van der Waals surface area (Å²) in [7, 11) is 0. The second kappa shape index (κ2) is 3.83. The summed E-state index contributed by atoms with van der Waals surface area (Å²) in [4.78, 5) is 11.2. The van der Waals surface area contributed by atoms with Crippen LogP contribution in [0.2, 0.25) is 0 Å². The molecule has 1 fully saturated rings. The van der Waals surface area contributed by atoms with Crippen LogP contribution < -0.4 is 0 Å². The standard InChI is InChI=1S/C14H17FO2/c1-13(2,15)14(8-5-9-14)11-7-4-3-6-10(11)12(16)17/h3-4,6-7H,5,8-9H2,1-2H3,(H,16,17). The van der Waals surface area contributed by atoms with Crippen LogP contribution in [0.3, 0.4) is 0 Å². The molecule has 2 rings (SSSR count). The lowest BCUT2D eigenvalue weighted by Gasteiger charge is -2.49. The Hall–Kier alpha value is -1.38. The normalized spacial score (nSPS) is 18.5. The van der Waals surface area contributed by atoms with Crippen molar-refractivity contribution in [3.05, 3.63) is 35.4 Å². The smallest absolute Gasteiger partial charge is 0.335 e. The van der Waals surface area contributed by atoms with Crippen molar-refractivity contribution in [3.63, 3.8) is 0 Å². The highest BCUT2D eigenvalue weighted by Crippen LogP contribution is 2.53. The van der Waals surface area contributed by atoms with Crippen LogP contribution in [0.25, 0.3) is 0 Å². The first-order valence-corrected chi connectivity index (χ1v) is 5.90. The Kier molecular flexibility index (Phi) is 2.72. The Morgan fingerprint density at radius 3 is 2.35 bits per heavy atom. The molecule has 0 radical (unpaired) electrons. The quantitative estimate of drug-likeness (QED) is 0.871. The molecule has 0 amide bonds. The third-order valence-electron chi connectivity index (χ3n) is 4.02. The summed E-state index contributed by atoms with van der Waals surface area (Å²) in [6, 6.07) is 6.78. The molecule has 0 aliphatic heterocycles. The van der Waals surface area contributed by atoms with Gasteiger partial charge in [-0.15, -0.1) is 0 Å². The maximum Gasteiger partial charge on any atom is 0.335 e. The van der Waals surface area contributed by atoms with Crippen molar-refractivity contribution >= 4 is 5.97 Å². The van der Waals surface area contributed by atoms with E-state index in [1.54, 1.807) is 38.1 Å². The van der Waals surface area contributed by atoms with E-state index in [2.05, 4.69) is 0 Å². The van der Waals surface area contributed by atoms with Gasteiger partial charge in [-0.1, -0.05) is 24.6 Å². The minimum Gasteiger partial charge on any atom is -0.478 e. The molecule has 1 saturated carbocycles. The largest absolute Gasteiger partial charge is 0.478 e. The number of hydrogen-bond donors (Lipinski definition) is 1. The molecule has 0 saturated heterocycles. The Morgan fingerprint density at radius 2 is 1.94 bits per heavy atom. The Morgan fingerprint density at radius 1 is 1.35 bits per heavy atom. The predicted molar refractivity (Wildman–Crippen MR) is 64.1 cm³/mol. The SMILES string of the molecule is CC(C)(F)C1(c2ccccc2C(=O)O)CCC1. The Bertz CT molecular complexity index is 442. The van der Waals surface area contributed by atoms with E-state index in [-0.39, 0.29) is 5.56 Å². The first-order valence-electron chi connectivity index (χ1n) is 5.90. The zero-order valence-electron chi connectivity index (χ0n) is 10.2. The zero-order chi connectivity index (χ0) is 12.7. The average Bonchev–Trinajstić information content (AvgIpc) is 2.14. The number of alkyl halides is 1. The van der Waals surface area contributed by atoms with Gasteiger partial charge < -0.3 is 5.11 Å². The van der Waals surface area contributed by atoms with Gasteiger partial charge in [-0.2, -0.15) is 0 Å². The van der Waals surface area contributed by atoms with Gasteiger partial charge in [0, 0.05) is 5.41 Å². The van der Waals surface area contributed by atoms with Crippen LogP contribution in [0, 0.1) is 0 Å². The number of benzene rings is 1. The van der Waals surface area contributed by atoms with Crippen LogP contribution in [0.5, 0.6) is 0 Å². The summed E-state index contributed by atoms with van der Waals surface area (Å²) >= 11 is 0. The van der Waals surface area contributed by atoms with Crippen LogP contribution >= 0.6 is 0 Å². The van der Waals surface area contributed by atoms with Gasteiger partial charge in [-0.05, 0) is 38.3 Å². The molecule has 3 heteroatoms. The molecule has 1 aliphatic carbocycles. The molecule has 1 aliphatic rings. The highest BCUT2D eigenvalue weighted by molar-refractivity contribution is 5.90. The number of carbonyl (C=O) groups is 1. The molecular formula is C14H17FO2. The van der Waals surface area contributed by atoms with Crippen LogP contribution in [0.1, 0.15) is 49.0 Å². The summed E-state index contributed by atoms with van der Waals surface area (Å²) in [6.45, 7) is 3.09. The lowest BCUT2D eigenvalue weighted by atomic mass is 9.56. The topological polar surface area (TPSA) is 37.3 Å². The zero-order valence-corrected chi connectivity index (χ0v) is 10.2. The molecule has 0 bridgehead atoms. The van der Waals surface area contributed by atoms with Crippen LogP contribution in [-0.4, -0.2) is 16.7 Å². The van der Waals surface area contributed by atoms with Crippen molar-refractivity contribution in [2.24, 2.45) is 0 Å². The third-order valence-corrected chi connectivity index (χ3v) is 4.02. The van der Waals surface area contributed by atoms with Crippen LogP contribution in [0.15, 0.2) is 24.3 Å². The van der Waals surface area contributed by atoms with Gasteiger partial charge in [0.2, 0.25) is 0 Å². The number of carboxylic acid groups (broad SMARTS) is 1. The second-order valence-corrected chi connectivity index (χ2v) is 5.26. The first-order chi connectivity index (χ1) is 7.88. The van der Waals surface area contributed by atoms with Crippen molar-refractivity contribution in [3.8, 4) is 0 Å². The van der Waals surface area contributed by atoms with E-state index in [4.69, 9.17) is 0 Å². The lowest BCUT2D eigenvalue weighted by Crippen LogP contribution is -2.50.